The van der Waals surface area contributed by atoms with E-state index in [-0.39, 0.29) is 23.9 Å². The normalized spacial score (nSPS) is 7.00. The number of carbonyl (C=O) groups excluding carboxylic acids is 1. The lowest BCUT2D eigenvalue weighted by Crippen LogP contribution is -1.99. The number of ether oxygens (including phenoxy) is 1. The van der Waals surface area contributed by atoms with Crippen molar-refractivity contribution in [3.05, 3.63) is 0 Å². The van der Waals surface area contributed by atoms with Gasteiger partial charge in [-0.3, -0.25) is 4.79 Å². The van der Waals surface area contributed by atoms with E-state index in [0.29, 0.717) is 6.61 Å². The maximum Gasteiger partial charge on any atom is 0.302 e. The Hall–Kier alpha value is -0.280. The number of rotatable bonds is 3. The third kappa shape index (κ3) is 15.6. The average molecular weight is 171 g/mol. The van der Waals surface area contributed by atoms with Crippen LogP contribution in [0.5, 0.6) is 0 Å². The van der Waals surface area contributed by atoms with Crippen molar-refractivity contribution in [2.45, 2.75) is 26.7 Å². The fourth-order valence-electron chi connectivity index (χ4n) is 0.360. The van der Waals surface area contributed by atoms with Crippen LogP contribution >= 0.6 is 12.4 Å². The number of carbonyl (C=O) groups is 1. The monoisotopic (exact) mass is 170 g/mol. The van der Waals surface area contributed by atoms with Gasteiger partial charge in [0.15, 0.2) is 0 Å². The molecule has 2 N–H and O–H groups in total. The molecule has 0 atom stereocenters. The van der Waals surface area contributed by atoms with E-state index in [1.807, 2.05) is 0 Å². The van der Waals surface area contributed by atoms with Crippen LogP contribution in [0.2, 0.25) is 0 Å². The summed E-state index contributed by atoms with van der Waals surface area (Å²) >= 11 is 0. The Balaban J connectivity index is -0.000000245. The zero-order chi connectivity index (χ0) is 6.41. The van der Waals surface area contributed by atoms with Crippen LogP contribution in [-0.2, 0) is 9.53 Å². The summed E-state index contributed by atoms with van der Waals surface area (Å²) in [5.74, 6) is -0.182. The standard InChI is InChI=1S/C6H12O2.ClH.H2O/c1-3-4-5-8-6(2)7;;/h3-5H2,1-2H3;1H;1H2. The average Bonchev–Trinajstić information content (AvgIpc) is 1.66. The Labute approximate surface area is 67.5 Å². The van der Waals surface area contributed by atoms with E-state index >= 15 is 0 Å². The molecule has 0 aromatic heterocycles. The predicted octanol–water partition coefficient (Wildman–Crippen LogP) is 0.947. The van der Waals surface area contributed by atoms with Gasteiger partial charge >= 0.3 is 5.97 Å². The van der Waals surface area contributed by atoms with Crippen molar-refractivity contribution in [2.24, 2.45) is 0 Å². The molecule has 0 rings (SSSR count). The molecule has 0 aromatic carbocycles. The third-order valence-electron chi connectivity index (χ3n) is 0.803. The summed E-state index contributed by atoms with van der Waals surface area (Å²) in [5.41, 5.74) is 0. The highest BCUT2D eigenvalue weighted by Crippen LogP contribution is 1.86. The molecular weight excluding hydrogens is 156 g/mol. The summed E-state index contributed by atoms with van der Waals surface area (Å²) in [6.07, 6.45) is 2.05. The van der Waals surface area contributed by atoms with Gasteiger partial charge in [-0.2, -0.15) is 0 Å². The summed E-state index contributed by atoms with van der Waals surface area (Å²) in [7, 11) is 0. The van der Waals surface area contributed by atoms with Crippen molar-refractivity contribution in [1.29, 1.82) is 0 Å². The van der Waals surface area contributed by atoms with E-state index < -0.39 is 0 Å². The van der Waals surface area contributed by atoms with Crippen molar-refractivity contribution in [1.82, 2.24) is 0 Å². The van der Waals surface area contributed by atoms with Crippen LogP contribution in [0.4, 0.5) is 0 Å². The third-order valence-corrected chi connectivity index (χ3v) is 0.803. The molecular formula is C6H15ClO3. The van der Waals surface area contributed by atoms with Crippen molar-refractivity contribution < 1.29 is 15.0 Å². The molecule has 0 saturated carbocycles. The molecule has 3 nitrogen and oxygen atoms in total. The predicted molar refractivity (Wildman–Crippen MR) is 42.4 cm³/mol. The van der Waals surface area contributed by atoms with Crippen LogP contribution in [-0.4, -0.2) is 18.1 Å². The molecule has 4 heteroatoms. The summed E-state index contributed by atoms with van der Waals surface area (Å²) in [5, 5.41) is 0. The highest BCUT2D eigenvalue weighted by molar-refractivity contribution is 5.85. The maximum absolute atomic E-state index is 10.1. The second-order valence-electron chi connectivity index (χ2n) is 1.69. The molecule has 0 bridgehead atoms. The second-order valence-corrected chi connectivity index (χ2v) is 1.69. The molecule has 0 aliphatic carbocycles. The number of hydrogen-bond donors (Lipinski definition) is 0. The van der Waals surface area contributed by atoms with Gasteiger partial charge in [0, 0.05) is 6.92 Å². The summed E-state index contributed by atoms with van der Waals surface area (Å²) in [4.78, 5) is 10.1. The van der Waals surface area contributed by atoms with Crippen molar-refractivity contribution in [3.63, 3.8) is 0 Å². The zero-order valence-electron chi connectivity index (χ0n) is 6.35. The lowest BCUT2D eigenvalue weighted by molar-refractivity contribution is -0.141. The van der Waals surface area contributed by atoms with Crippen molar-refractivity contribution in [3.8, 4) is 0 Å². The Morgan fingerprint density at radius 3 is 2.30 bits per heavy atom. The van der Waals surface area contributed by atoms with Gasteiger partial charge in [0.25, 0.3) is 0 Å². The van der Waals surface area contributed by atoms with E-state index in [1.54, 1.807) is 0 Å². The molecule has 0 unspecified atom stereocenters. The second kappa shape index (κ2) is 11.5. The van der Waals surface area contributed by atoms with E-state index in [1.165, 1.54) is 6.92 Å². The minimum Gasteiger partial charge on any atom is -0.466 e. The van der Waals surface area contributed by atoms with E-state index in [4.69, 9.17) is 0 Å². The van der Waals surface area contributed by atoms with Crippen LogP contribution in [0.1, 0.15) is 26.7 Å². The first-order valence-corrected chi connectivity index (χ1v) is 2.90. The first kappa shape index (κ1) is 16.4. The Morgan fingerprint density at radius 1 is 1.50 bits per heavy atom. The summed E-state index contributed by atoms with van der Waals surface area (Å²) < 4.78 is 4.64. The van der Waals surface area contributed by atoms with Crippen LogP contribution < -0.4 is 0 Å². The van der Waals surface area contributed by atoms with Crippen LogP contribution in [0.25, 0.3) is 0 Å². The SMILES string of the molecule is CCCCOC(C)=O.Cl.O. The molecule has 10 heavy (non-hydrogen) atoms. The van der Waals surface area contributed by atoms with Gasteiger partial charge in [0.05, 0.1) is 6.61 Å². The Kier molecular flexibility index (Phi) is 18.8. The van der Waals surface area contributed by atoms with E-state index in [2.05, 4.69) is 11.7 Å². The minimum atomic E-state index is -0.182. The van der Waals surface area contributed by atoms with Gasteiger partial charge in [0.1, 0.15) is 0 Å². The molecule has 0 amide bonds. The van der Waals surface area contributed by atoms with Gasteiger partial charge in [-0.1, -0.05) is 13.3 Å². The number of hydrogen-bond acceptors (Lipinski definition) is 2. The molecule has 64 valence electrons. The summed E-state index contributed by atoms with van der Waals surface area (Å²) in [6.45, 7) is 4.06. The molecule has 0 saturated heterocycles. The van der Waals surface area contributed by atoms with Gasteiger partial charge in [0.2, 0.25) is 0 Å². The largest absolute Gasteiger partial charge is 0.466 e. The van der Waals surface area contributed by atoms with Gasteiger partial charge < -0.3 is 10.2 Å². The smallest absolute Gasteiger partial charge is 0.302 e. The van der Waals surface area contributed by atoms with Crippen molar-refractivity contribution in [2.75, 3.05) is 6.61 Å². The molecule has 0 spiro atoms. The Bertz CT molecular complexity index is 75.4. The van der Waals surface area contributed by atoms with Crippen LogP contribution in [0.3, 0.4) is 0 Å². The molecule has 0 aliphatic rings. The van der Waals surface area contributed by atoms with Crippen molar-refractivity contribution >= 4 is 18.4 Å². The molecule has 0 aromatic rings. The minimum absolute atomic E-state index is 0. The lowest BCUT2D eigenvalue weighted by Gasteiger charge is -1.96. The van der Waals surface area contributed by atoms with Gasteiger partial charge in [-0.25, -0.2) is 0 Å². The highest BCUT2D eigenvalue weighted by atomic mass is 35.5. The quantitative estimate of drug-likeness (QED) is 0.468. The molecule has 0 fully saturated rings. The van der Waals surface area contributed by atoms with Gasteiger partial charge in [-0.15, -0.1) is 12.4 Å². The first-order chi connectivity index (χ1) is 3.77. The molecule has 0 radical (unpaired) electrons. The summed E-state index contributed by atoms with van der Waals surface area (Å²) in [6, 6.07) is 0. The fraction of sp³-hybridized carbons (Fsp3) is 0.833. The molecule has 0 aliphatic heterocycles. The maximum atomic E-state index is 10.1. The van der Waals surface area contributed by atoms with E-state index in [9.17, 15) is 4.79 Å². The van der Waals surface area contributed by atoms with Crippen LogP contribution in [0.15, 0.2) is 0 Å². The number of esters is 1. The zero-order valence-corrected chi connectivity index (χ0v) is 7.16. The Morgan fingerprint density at radius 2 is 2.00 bits per heavy atom. The number of halogens is 1. The first-order valence-electron chi connectivity index (χ1n) is 2.90. The van der Waals surface area contributed by atoms with E-state index in [0.717, 1.165) is 12.8 Å². The highest BCUT2D eigenvalue weighted by Gasteiger charge is 1.88. The molecule has 0 heterocycles. The number of unbranched alkanes of at least 4 members (excludes halogenated alkanes) is 1. The fourth-order valence-corrected chi connectivity index (χ4v) is 0.360. The lowest BCUT2D eigenvalue weighted by atomic mass is 10.4. The van der Waals surface area contributed by atoms with Crippen LogP contribution in [0, 0.1) is 0 Å². The van der Waals surface area contributed by atoms with Gasteiger partial charge in [-0.05, 0) is 6.42 Å². The topological polar surface area (TPSA) is 57.8 Å².